The summed E-state index contributed by atoms with van der Waals surface area (Å²) in [5.74, 6) is -0.0779. The predicted octanol–water partition coefficient (Wildman–Crippen LogP) is 1.53. The van der Waals surface area contributed by atoms with Crippen LogP contribution in [0.5, 0.6) is 0 Å². The van der Waals surface area contributed by atoms with Gasteiger partial charge in [0, 0.05) is 37.6 Å². The van der Waals surface area contributed by atoms with E-state index in [-0.39, 0.29) is 17.4 Å². The number of carbonyl (C=O) groups is 1. The normalized spacial score (nSPS) is 17.1. The fraction of sp³-hybridized carbons (Fsp3) is 0.588. The molecule has 0 saturated carbocycles. The van der Waals surface area contributed by atoms with Crippen molar-refractivity contribution in [1.29, 1.82) is 0 Å². The fourth-order valence-electron chi connectivity index (χ4n) is 2.71. The largest absolute Gasteiger partial charge is 0.354 e. The Bertz CT molecular complexity index is 499. The number of nitrogens with one attached hydrogen (secondary N) is 1. The van der Waals surface area contributed by atoms with Crippen LogP contribution in [0.2, 0.25) is 0 Å². The lowest BCUT2D eigenvalue weighted by atomic mass is 9.94. The molecule has 1 aliphatic heterocycles. The summed E-state index contributed by atoms with van der Waals surface area (Å²) in [4.78, 5) is 14.3. The fourth-order valence-corrected chi connectivity index (χ4v) is 2.71. The minimum absolute atomic E-state index is 0.0444. The Kier molecular flexibility index (Phi) is 5.01. The molecule has 0 spiro atoms. The van der Waals surface area contributed by atoms with Crippen molar-refractivity contribution < 1.29 is 4.79 Å². The van der Waals surface area contributed by atoms with Gasteiger partial charge >= 0.3 is 0 Å². The lowest BCUT2D eigenvalue weighted by Crippen LogP contribution is -2.53. The third kappa shape index (κ3) is 3.83. The van der Waals surface area contributed by atoms with Crippen LogP contribution in [-0.4, -0.2) is 36.0 Å². The van der Waals surface area contributed by atoms with Crippen molar-refractivity contribution in [3.63, 3.8) is 0 Å². The van der Waals surface area contributed by atoms with E-state index in [2.05, 4.69) is 48.3 Å². The van der Waals surface area contributed by atoms with Crippen molar-refractivity contribution in [3.8, 4) is 0 Å². The van der Waals surface area contributed by atoms with Crippen molar-refractivity contribution >= 4 is 5.91 Å². The molecular weight excluding hydrogens is 262 g/mol. The zero-order valence-electron chi connectivity index (χ0n) is 13.4. The van der Waals surface area contributed by atoms with E-state index >= 15 is 0 Å². The van der Waals surface area contributed by atoms with Crippen molar-refractivity contribution in [2.24, 2.45) is 11.7 Å². The second-order valence-electron chi connectivity index (χ2n) is 6.61. The summed E-state index contributed by atoms with van der Waals surface area (Å²) in [7, 11) is 0. The van der Waals surface area contributed by atoms with E-state index in [1.165, 1.54) is 11.1 Å². The molecule has 2 rings (SSSR count). The molecule has 0 bridgehead atoms. The number of fused-ring (bicyclic) bond motifs is 1. The highest BCUT2D eigenvalue weighted by molar-refractivity contribution is 5.78. The summed E-state index contributed by atoms with van der Waals surface area (Å²) in [6, 6.07) is 8.62. The third-order valence-corrected chi connectivity index (χ3v) is 4.48. The van der Waals surface area contributed by atoms with E-state index in [0.717, 1.165) is 19.5 Å². The van der Waals surface area contributed by atoms with E-state index in [1.54, 1.807) is 0 Å². The molecule has 1 aliphatic rings. The molecule has 0 fully saturated rings. The van der Waals surface area contributed by atoms with Crippen LogP contribution in [0.3, 0.4) is 0 Å². The van der Waals surface area contributed by atoms with E-state index < -0.39 is 0 Å². The Balaban J connectivity index is 1.96. The van der Waals surface area contributed by atoms with Gasteiger partial charge in [0.1, 0.15) is 0 Å². The van der Waals surface area contributed by atoms with Crippen molar-refractivity contribution in [2.45, 2.75) is 39.3 Å². The van der Waals surface area contributed by atoms with Gasteiger partial charge in [0.05, 0.1) is 0 Å². The smallest absolute Gasteiger partial charge is 0.224 e. The van der Waals surface area contributed by atoms with Crippen LogP contribution in [0, 0.1) is 5.92 Å². The van der Waals surface area contributed by atoms with Gasteiger partial charge in [-0.1, -0.05) is 31.2 Å². The van der Waals surface area contributed by atoms with Crippen LogP contribution < -0.4 is 11.1 Å². The minimum Gasteiger partial charge on any atom is -0.354 e. The van der Waals surface area contributed by atoms with Gasteiger partial charge in [0.15, 0.2) is 0 Å². The van der Waals surface area contributed by atoms with Crippen molar-refractivity contribution in [2.75, 3.05) is 19.6 Å². The summed E-state index contributed by atoms with van der Waals surface area (Å²) in [6.45, 7) is 9.27. The lowest BCUT2D eigenvalue weighted by Gasteiger charge is -2.41. The number of carbonyl (C=O) groups excluding carboxylic acids is 1. The summed E-state index contributed by atoms with van der Waals surface area (Å²) < 4.78 is 0. The summed E-state index contributed by atoms with van der Waals surface area (Å²) in [5, 5.41) is 3.03. The number of nitrogens with zero attached hydrogens (tertiary/aromatic N) is 1. The first kappa shape index (κ1) is 16.0. The summed E-state index contributed by atoms with van der Waals surface area (Å²) in [5.41, 5.74) is 8.33. The molecule has 3 N–H and O–H groups in total. The van der Waals surface area contributed by atoms with E-state index in [9.17, 15) is 4.79 Å². The van der Waals surface area contributed by atoms with Gasteiger partial charge < -0.3 is 11.1 Å². The highest BCUT2D eigenvalue weighted by Crippen LogP contribution is 2.24. The number of hydrogen-bond acceptors (Lipinski definition) is 3. The average Bonchev–Trinajstić information content (AvgIpc) is 2.51. The zero-order chi connectivity index (χ0) is 15.5. The standard InChI is InChI=1S/C17H27N3O/c1-13(10-18)16(21)19-12-17(2,3)20-9-8-14-6-4-5-7-15(14)11-20/h4-7,13H,8-12,18H2,1-3H3,(H,19,21). The Labute approximate surface area is 127 Å². The highest BCUT2D eigenvalue weighted by atomic mass is 16.1. The van der Waals surface area contributed by atoms with Crippen molar-refractivity contribution in [1.82, 2.24) is 10.2 Å². The highest BCUT2D eigenvalue weighted by Gasteiger charge is 2.30. The second-order valence-corrected chi connectivity index (χ2v) is 6.61. The number of benzene rings is 1. The van der Waals surface area contributed by atoms with Gasteiger partial charge in [-0.25, -0.2) is 0 Å². The van der Waals surface area contributed by atoms with Crippen LogP contribution in [0.15, 0.2) is 24.3 Å². The van der Waals surface area contributed by atoms with Gasteiger partial charge in [-0.05, 0) is 31.4 Å². The second kappa shape index (κ2) is 6.58. The van der Waals surface area contributed by atoms with Gasteiger partial charge in [0.25, 0.3) is 0 Å². The third-order valence-electron chi connectivity index (χ3n) is 4.48. The van der Waals surface area contributed by atoms with Gasteiger partial charge in [-0.3, -0.25) is 9.69 Å². The van der Waals surface area contributed by atoms with Crippen LogP contribution in [0.1, 0.15) is 31.9 Å². The van der Waals surface area contributed by atoms with Crippen LogP contribution >= 0.6 is 0 Å². The molecule has 1 unspecified atom stereocenters. The number of hydrogen-bond donors (Lipinski definition) is 2. The SMILES string of the molecule is CC(CN)C(=O)NCC(C)(C)N1CCc2ccccc2C1. The molecule has 1 heterocycles. The Hall–Kier alpha value is -1.39. The monoisotopic (exact) mass is 289 g/mol. The molecule has 1 atom stereocenters. The Morgan fingerprint density at radius 1 is 1.38 bits per heavy atom. The first-order valence-corrected chi connectivity index (χ1v) is 7.73. The van der Waals surface area contributed by atoms with Crippen LogP contribution in [0.4, 0.5) is 0 Å². The maximum atomic E-state index is 11.9. The summed E-state index contributed by atoms with van der Waals surface area (Å²) >= 11 is 0. The van der Waals surface area contributed by atoms with Crippen molar-refractivity contribution in [3.05, 3.63) is 35.4 Å². The number of amides is 1. The average molecular weight is 289 g/mol. The zero-order valence-corrected chi connectivity index (χ0v) is 13.4. The van der Waals surface area contributed by atoms with Gasteiger partial charge in [-0.15, -0.1) is 0 Å². The molecule has 1 aromatic rings. The first-order chi connectivity index (χ1) is 9.94. The molecule has 1 amide bonds. The molecular formula is C17H27N3O. The Morgan fingerprint density at radius 3 is 2.71 bits per heavy atom. The van der Waals surface area contributed by atoms with Gasteiger partial charge in [-0.2, -0.15) is 0 Å². The van der Waals surface area contributed by atoms with E-state index in [0.29, 0.717) is 13.1 Å². The first-order valence-electron chi connectivity index (χ1n) is 7.73. The molecule has 0 saturated heterocycles. The number of nitrogens with two attached hydrogens (primary N) is 1. The minimum atomic E-state index is -0.122. The van der Waals surface area contributed by atoms with Crippen LogP contribution in [-0.2, 0) is 17.8 Å². The predicted molar refractivity (Wildman–Crippen MR) is 85.9 cm³/mol. The molecule has 0 aromatic heterocycles. The molecule has 21 heavy (non-hydrogen) atoms. The van der Waals surface area contributed by atoms with E-state index in [1.807, 2.05) is 6.92 Å². The molecule has 1 aromatic carbocycles. The molecule has 0 radical (unpaired) electrons. The molecule has 116 valence electrons. The molecule has 0 aliphatic carbocycles. The maximum absolute atomic E-state index is 11.9. The lowest BCUT2D eigenvalue weighted by molar-refractivity contribution is -0.124. The van der Waals surface area contributed by atoms with Gasteiger partial charge in [0.2, 0.25) is 5.91 Å². The quantitative estimate of drug-likeness (QED) is 0.864. The molecule has 4 nitrogen and oxygen atoms in total. The summed E-state index contributed by atoms with van der Waals surface area (Å²) in [6.07, 6.45) is 1.08. The maximum Gasteiger partial charge on any atom is 0.224 e. The topological polar surface area (TPSA) is 58.4 Å². The van der Waals surface area contributed by atoms with Crippen LogP contribution in [0.25, 0.3) is 0 Å². The van der Waals surface area contributed by atoms with E-state index in [4.69, 9.17) is 5.73 Å². The molecule has 4 heteroatoms. The Morgan fingerprint density at radius 2 is 2.05 bits per heavy atom. The number of rotatable bonds is 5.